The van der Waals surface area contributed by atoms with Crippen molar-refractivity contribution in [2.24, 2.45) is 0 Å². The lowest BCUT2D eigenvalue weighted by atomic mass is 10.2. The van der Waals surface area contributed by atoms with E-state index >= 15 is 0 Å². The zero-order valence-electron chi connectivity index (χ0n) is 9.13. The zero-order chi connectivity index (χ0) is 10.6. The van der Waals surface area contributed by atoms with E-state index in [1.165, 1.54) is 12.2 Å². The van der Waals surface area contributed by atoms with Crippen molar-refractivity contribution in [2.45, 2.75) is 45.3 Å². The van der Waals surface area contributed by atoms with E-state index in [0.29, 0.717) is 6.04 Å². The molecule has 1 fully saturated rings. The molecular weight excluding hydrogens is 198 g/mol. The van der Waals surface area contributed by atoms with Gasteiger partial charge in [-0.1, -0.05) is 0 Å². The second-order valence-corrected chi connectivity index (χ2v) is 5.71. The zero-order valence-corrected chi connectivity index (χ0v) is 9.95. The lowest BCUT2D eigenvalue weighted by molar-refractivity contribution is 0.0507. The summed E-state index contributed by atoms with van der Waals surface area (Å²) in [6.07, 6.45) is 1.97. The van der Waals surface area contributed by atoms with Crippen LogP contribution in [0.15, 0.2) is 0 Å². The largest absolute Gasteiger partial charge is 0.444 e. The van der Waals surface area contributed by atoms with Crippen LogP contribution in [0.25, 0.3) is 0 Å². The summed E-state index contributed by atoms with van der Waals surface area (Å²) in [5.41, 5.74) is -0.397. The van der Waals surface area contributed by atoms with Crippen LogP contribution >= 0.6 is 11.8 Å². The minimum absolute atomic E-state index is 0.287. The van der Waals surface area contributed by atoms with Crippen molar-refractivity contribution < 1.29 is 9.53 Å². The monoisotopic (exact) mass is 217 g/mol. The molecule has 1 rings (SSSR count). The maximum Gasteiger partial charge on any atom is 0.407 e. The highest BCUT2D eigenvalue weighted by Crippen LogP contribution is 2.17. The lowest BCUT2D eigenvalue weighted by Crippen LogP contribution is -2.41. The highest BCUT2D eigenvalue weighted by atomic mass is 32.2. The third-order valence-electron chi connectivity index (χ3n) is 1.88. The third kappa shape index (κ3) is 4.74. The second-order valence-electron chi connectivity index (χ2n) is 4.56. The van der Waals surface area contributed by atoms with Gasteiger partial charge in [-0.25, -0.2) is 4.79 Å². The first-order valence-electron chi connectivity index (χ1n) is 5.04. The average Bonchev–Trinajstić information content (AvgIpc) is 2.02. The molecule has 1 N–H and O–H groups in total. The van der Waals surface area contributed by atoms with Crippen LogP contribution in [0.1, 0.15) is 33.6 Å². The molecule has 82 valence electrons. The maximum absolute atomic E-state index is 11.4. The van der Waals surface area contributed by atoms with Gasteiger partial charge in [0.25, 0.3) is 0 Å². The Bertz CT molecular complexity index is 195. The van der Waals surface area contributed by atoms with Gasteiger partial charge in [-0.3, -0.25) is 0 Å². The summed E-state index contributed by atoms with van der Waals surface area (Å²) in [6.45, 7) is 5.63. The fraction of sp³-hybridized carbons (Fsp3) is 0.900. The maximum atomic E-state index is 11.4. The van der Waals surface area contributed by atoms with Crippen LogP contribution in [0.4, 0.5) is 4.79 Å². The molecule has 0 radical (unpaired) electrons. The van der Waals surface area contributed by atoms with Crippen molar-refractivity contribution in [3.63, 3.8) is 0 Å². The molecule has 1 aliphatic rings. The van der Waals surface area contributed by atoms with E-state index in [-0.39, 0.29) is 6.09 Å². The van der Waals surface area contributed by atoms with Gasteiger partial charge in [-0.05, 0) is 39.4 Å². The second kappa shape index (κ2) is 4.91. The van der Waals surface area contributed by atoms with Gasteiger partial charge in [-0.2, -0.15) is 11.8 Å². The number of nitrogens with one attached hydrogen (secondary N) is 1. The fourth-order valence-electron chi connectivity index (χ4n) is 1.33. The molecular formula is C10H19NO2S. The molecule has 0 saturated carbocycles. The first-order valence-corrected chi connectivity index (χ1v) is 6.20. The Morgan fingerprint density at radius 3 is 2.71 bits per heavy atom. The molecule has 1 heterocycles. The number of rotatable bonds is 1. The van der Waals surface area contributed by atoms with Crippen molar-refractivity contribution >= 4 is 17.9 Å². The Morgan fingerprint density at radius 2 is 2.21 bits per heavy atom. The number of hydrogen-bond acceptors (Lipinski definition) is 3. The Hall–Kier alpha value is -0.380. The summed E-state index contributed by atoms with van der Waals surface area (Å²) >= 11 is 1.89. The van der Waals surface area contributed by atoms with Gasteiger partial charge in [-0.15, -0.1) is 0 Å². The summed E-state index contributed by atoms with van der Waals surface area (Å²) in [5, 5.41) is 2.89. The van der Waals surface area contributed by atoms with E-state index in [9.17, 15) is 4.79 Å². The Labute approximate surface area is 90.0 Å². The van der Waals surface area contributed by atoms with Gasteiger partial charge in [0.15, 0.2) is 0 Å². The first kappa shape index (κ1) is 11.7. The quantitative estimate of drug-likeness (QED) is 0.733. The number of ether oxygens (including phenoxy) is 1. The Morgan fingerprint density at radius 1 is 1.50 bits per heavy atom. The normalized spacial score (nSPS) is 22.9. The Kier molecular flexibility index (Phi) is 4.11. The lowest BCUT2D eigenvalue weighted by Gasteiger charge is -2.25. The summed E-state index contributed by atoms with van der Waals surface area (Å²) in [4.78, 5) is 11.4. The van der Waals surface area contributed by atoms with Gasteiger partial charge in [0, 0.05) is 11.8 Å². The topological polar surface area (TPSA) is 38.3 Å². The van der Waals surface area contributed by atoms with E-state index in [0.717, 1.165) is 12.2 Å². The van der Waals surface area contributed by atoms with Crippen molar-refractivity contribution in [1.82, 2.24) is 5.32 Å². The van der Waals surface area contributed by atoms with Gasteiger partial charge in [0.05, 0.1) is 0 Å². The minimum atomic E-state index is -0.397. The van der Waals surface area contributed by atoms with Crippen molar-refractivity contribution in [1.29, 1.82) is 0 Å². The molecule has 0 spiro atoms. The third-order valence-corrected chi connectivity index (χ3v) is 3.10. The van der Waals surface area contributed by atoms with E-state index in [1.54, 1.807) is 0 Å². The van der Waals surface area contributed by atoms with Gasteiger partial charge < -0.3 is 10.1 Å². The molecule has 1 saturated heterocycles. The smallest absolute Gasteiger partial charge is 0.407 e. The first-order chi connectivity index (χ1) is 6.47. The van der Waals surface area contributed by atoms with Crippen LogP contribution < -0.4 is 5.32 Å². The van der Waals surface area contributed by atoms with E-state index in [2.05, 4.69) is 5.32 Å². The van der Waals surface area contributed by atoms with Crippen LogP contribution in [0.5, 0.6) is 0 Å². The van der Waals surface area contributed by atoms with Crippen LogP contribution in [0.3, 0.4) is 0 Å². The van der Waals surface area contributed by atoms with Gasteiger partial charge in [0.1, 0.15) is 5.60 Å². The molecule has 0 aliphatic carbocycles. The number of carbonyl (C=O) groups excluding carboxylic acids is 1. The number of hydrogen-bond donors (Lipinski definition) is 1. The predicted molar refractivity (Wildman–Crippen MR) is 59.7 cm³/mol. The van der Waals surface area contributed by atoms with E-state index < -0.39 is 5.60 Å². The SMILES string of the molecule is CC(C)(C)OC(=O)N[C@H]1CCCSC1. The van der Waals surface area contributed by atoms with Crippen LogP contribution in [0, 0.1) is 0 Å². The molecule has 0 aromatic rings. The molecule has 1 amide bonds. The highest BCUT2D eigenvalue weighted by Gasteiger charge is 2.20. The highest BCUT2D eigenvalue weighted by molar-refractivity contribution is 7.99. The van der Waals surface area contributed by atoms with Crippen molar-refractivity contribution in [3.8, 4) is 0 Å². The Balaban J connectivity index is 2.25. The molecule has 0 bridgehead atoms. The van der Waals surface area contributed by atoms with E-state index in [1.807, 2.05) is 32.5 Å². The van der Waals surface area contributed by atoms with Crippen LogP contribution in [0.2, 0.25) is 0 Å². The fourth-order valence-corrected chi connectivity index (χ4v) is 2.40. The van der Waals surface area contributed by atoms with Gasteiger partial charge in [0.2, 0.25) is 0 Å². The van der Waals surface area contributed by atoms with E-state index in [4.69, 9.17) is 4.74 Å². The van der Waals surface area contributed by atoms with Crippen LogP contribution in [-0.2, 0) is 4.74 Å². The van der Waals surface area contributed by atoms with Crippen LogP contribution in [-0.4, -0.2) is 29.2 Å². The standard InChI is InChI=1S/C10H19NO2S/c1-10(2,3)13-9(12)11-8-5-4-6-14-7-8/h8H,4-7H2,1-3H3,(H,11,12)/t8-/m0/s1. The number of alkyl carbamates (subject to hydrolysis) is 1. The number of amides is 1. The minimum Gasteiger partial charge on any atom is -0.444 e. The van der Waals surface area contributed by atoms with Crippen molar-refractivity contribution in [2.75, 3.05) is 11.5 Å². The molecule has 0 unspecified atom stereocenters. The van der Waals surface area contributed by atoms with Gasteiger partial charge >= 0.3 is 6.09 Å². The summed E-state index contributed by atoms with van der Waals surface area (Å²) in [5.74, 6) is 2.23. The van der Waals surface area contributed by atoms with Crippen molar-refractivity contribution in [3.05, 3.63) is 0 Å². The summed E-state index contributed by atoms with van der Waals surface area (Å²) in [6, 6.07) is 0.295. The molecule has 3 nitrogen and oxygen atoms in total. The summed E-state index contributed by atoms with van der Waals surface area (Å²) in [7, 11) is 0. The number of thioether (sulfide) groups is 1. The average molecular weight is 217 g/mol. The molecule has 14 heavy (non-hydrogen) atoms. The summed E-state index contributed by atoms with van der Waals surface area (Å²) < 4.78 is 5.18. The molecule has 0 aromatic carbocycles. The molecule has 4 heteroatoms. The predicted octanol–water partition coefficient (Wildman–Crippen LogP) is 2.41. The molecule has 1 atom stereocenters. The molecule has 0 aromatic heterocycles. The number of carbonyl (C=O) groups is 1. The molecule has 1 aliphatic heterocycles.